The maximum Gasteiger partial charge on any atom is 0.238 e. The molecule has 1 aromatic heterocycles. The molecule has 3 rings (SSSR count). The zero-order valence-electron chi connectivity index (χ0n) is 14.5. The van der Waals surface area contributed by atoms with E-state index in [9.17, 15) is 20.1 Å². The second-order valence-corrected chi connectivity index (χ2v) is 7.14. The van der Waals surface area contributed by atoms with Crippen molar-refractivity contribution in [3.8, 4) is 28.6 Å². The normalized spacial score (nSPS) is 11.0. The standard InChI is InChI=1S/C20H16Cl2O5/c1-9(2)3-5-11-14(23)8-15(24)16-17(25)18(26)19(27-20(11)16)10-4-6-12(21)13(22)7-10/h3-4,6-8,23-24,26H,5H2,1-2H3. The highest BCUT2D eigenvalue weighted by Crippen LogP contribution is 2.39. The number of halogens is 2. The van der Waals surface area contributed by atoms with E-state index < -0.39 is 16.9 Å². The second kappa shape index (κ2) is 7.18. The summed E-state index contributed by atoms with van der Waals surface area (Å²) in [5.41, 5.74) is 0.836. The SMILES string of the molecule is CC(C)=CCc1c(O)cc(O)c2c(=O)c(O)c(-c3ccc(Cl)c(Cl)c3)oc12. The fourth-order valence-corrected chi connectivity index (χ4v) is 3.01. The van der Waals surface area contributed by atoms with Crippen molar-refractivity contribution < 1.29 is 19.7 Å². The van der Waals surface area contributed by atoms with E-state index in [4.69, 9.17) is 27.6 Å². The van der Waals surface area contributed by atoms with Gasteiger partial charge in [-0.1, -0.05) is 34.9 Å². The minimum absolute atomic E-state index is 0.00567. The molecular weight excluding hydrogens is 391 g/mol. The molecule has 0 saturated carbocycles. The molecule has 0 bridgehead atoms. The predicted molar refractivity (Wildman–Crippen MR) is 106 cm³/mol. The van der Waals surface area contributed by atoms with Gasteiger partial charge in [-0.15, -0.1) is 0 Å². The van der Waals surface area contributed by atoms with Gasteiger partial charge in [-0.05, 0) is 38.5 Å². The lowest BCUT2D eigenvalue weighted by Crippen LogP contribution is -2.05. The number of benzene rings is 2. The highest BCUT2D eigenvalue weighted by Gasteiger charge is 2.22. The molecule has 0 spiro atoms. The van der Waals surface area contributed by atoms with Gasteiger partial charge in [0.2, 0.25) is 11.2 Å². The van der Waals surface area contributed by atoms with Crippen molar-refractivity contribution in [1.29, 1.82) is 0 Å². The van der Waals surface area contributed by atoms with Crippen LogP contribution in [0.3, 0.4) is 0 Å². The van der Waals surface area contributed by atoms with Crippen LogP contribution in [0.1, 0.15) is 19.4 Å². The Kier molecular flexibility index (Phi) is 5.09. The Morgan fingerprint density at radius 3 is 2.41 bits per heavy atom. The Hall–Kier alpha value is -2.63. The lowest BCUT2D eigenvalue weighted by molar-refractivity contribution is 0.435. The molecular formula is C20H16Cl2O5. The largest absolute Gasteiger partial charge is 0.507 e. The van der Waals surface area contributed by atoms with Crippen LogP contribution in [0.4, 0.5) is 0 Å². The second-order valence-electron chi connectivity index (χ2n) is 6.32. The van der Waals surface area contributed by atoms with Gasteiger partial charge in [0.15, 0.2) is 5.76 Å². The number of fused-ring (bicyclic) bond motifs is 1. The number of aromatic hydroxyl groups is 3. The van der Waals surface area contributed by atoms with Crippen LogP contribution in [0.2, 0.25) is 10.0 Å². The lowest BCUT2D eigenvalue weighted by Gasteiger charge is -2.12. The molecule has 27 heavy (non-hydrogen) atoms. The number of hydrogen-bond donors (Lipinski definition) is 3. The molecule has 0 amide bonds. The molecule has 0 aliphatic carbocycles. The zero-order chi connectivity index (χ0) is 19.9. The van der Waals surface area contributed by atoms with Crippen LogP contribution < -0.4 is 5.43 Å². The third-order valence-corrected chi connectivity index (χ3v) is 4.84. The molecule has 0 fully saturated rings. The van der Waals surface area contributed by atoms with E-state index in [0.717, 1.165) is 11.6 Å². The quantitative estimate of drug-likeness (QED) is 0.507. The number of phenols is 2. The minimum atomic E-state index is -0.812. The topological polar surface area (TPSA) is 90.9 Å². The minimum Gasteiger partial charge on any atom is -0.507 e. The number of rotatable bonds is 3. The van der Waals surface area contributed by atoms with Crippen molar-refractivity contribution in [2.45, 2.75) is 20.3 Å². The summed E-state index contributed by atoms with van der Waals surface area (Å²) in [5.74, 6) is -1.50. The van der Waals surface area contributed by atoms with Gasteiger partial charge in [0.25, 0.3) is 0 Å². The Morgan fingerprint density at radius 1 is 1.07 bits per heavy atom. The first-order valence-electron chi connectivity index (χ1n) is 8.03. The molecule has 0 aliphatic rings. The summed E-state index contributed by atoms with van der Waals surface area (Å²) in [7, 11) is 0. The first-order valence-corrected chi connectivity index (χ1v) is 8.78. The van der Waals surface area contributed by atoms with Crippen LogP contribution in [0.15, 0.2) is 45.1 Å². The summed E-state index contributed by atoms with van der Waals surface area (Å²) in [6, 6.07) is 5.56. The van der Waals surface area contributed by atoms with Crippen molar-refractivity contribution >= 4 is 34.2 Å². The Balaban J connectivity index is 2.39. The van der Waals surface area contributed by atoms with Crippen molar-refractivity contribution in [2.75, 3.05) is 0 Å². The van der Waals surface area contributed by atoms with Gasteiger partial charge in [-0.3, -0.25) is 4.79 Å². The molecule has 7 heteroatoms. The third-order valence-electron chi connectivity index (χ3n) is 4.10. The van der Waals surface area contributed by atoms with E-state index in [-0.39, 0.29) is 33.9 Å². The van der Waals surface area contributed by atoms with Crippen LogP contribution in [0, 0.1) is 0 Å². The average Bonchev–Trinajstić information content (AvgIpc) is 2.59. The summed E-state index contributed by atoms with van der Waals surface area (Å²) in [6.45, 7) is 3.78. The molecule has 1 heterocycles. The van der Waals surface area contributed by atoms with Crippen LogP contribution in [-0.4, -0.2) is 15.3 Å². The third kappa shape index (κ3) is 3.48. The van der Waals surface area contributed by atoms with Crippen molar-refractivity contribution in [2.24, 2.45) is 0 Å². The van der Waals surface area contributed by atoms with Gasteiger partial charge in [0, 0.05) is 17.2 Å². The van der Waals surface area contributed by atoms with Crippen molar-refractivity contribution in [3.05, 3.63) is 61.7 Å². The summed E-state index contributed by atoms with van der Waals surface area (Å²) in [5, 5.41) is 31.0. The molecule has 0 aliphatic heterocycles. The van der Waals surface area contributed by atoms with Crippen LogP contribution >= 0.6 is 23.2 Å². The summed E-state index contributed by atoms with van der Waals surface area (Å²) < 4.78 is 5.78. The molecule has 0 saturated heterocycles. The van der Waals surface area contributed by atoms with Crippen LogP contribution in [0.25, 0.3) is 22.3 Å². The highest BCUT2D eigenvalue weighted by atomic mass is 35.5. The maximum atomic E-state index is 12.7. The predicted octanol–water partition coefficient (Wildman–Crippen LogP) is 5.39. The summed E-state index contributed by atoms with van der Waals surface area (Å²) in [4.78, 5) is 12.7. The van der Waals surface area contributed by atoms with Crippen LogP contribution in [0.5, 0.6) is 17.2 Å². The average molecular weight is 407 g/mol. The van der Waals surface area contributed by atoms with E-state index in [1.54, 1.807) is 0 Å². The maximum absolute atomic E-state index is 12.7. The monoisotopic (exact) mass is 406 g/mol. The Bertz CT molecular complexity index is 1140. The number of hydrogen-bond acceptors (Lipinski definition) is 5. The van der Waals surface area contributed by atoms with Gasteiger partial charge in [-0.25, -0.2) is 0 Å². The zero-order valence-corrected chi connectivity index (χ0v) is 16.0. The van der Waals surface area contributed by atoms with Crippen molar-refractivity contribution in [3.63, 3.8) is 0 Å². The van der Waals surface area contributed by atoms with E-state index in [1.807, 2.05) is 19.9 Å². The summed E-state index contributed by atoms with van der Waals surface area (Å²) in [6.07, 6.45) is 2.12. The van der Waals surface area contributed by atoms with E-state index in [1.165, 1.54) is 18.2 Å². The highest BCUT2D eigenvalue weighted by molar-refractivity contribution is 6.42. The van der Waals surface area contributed by atoms with Gasteiger partial charge >= 0.3 is 0 Å². The molecule has 140 valence electrons. The van der Waals surface area contributed by atoms with E-state index >= 15 is 0 Å². The Morgan fingerprint density at radius 2 is 1.78 bits per heavy atom. The van der Waals surface area contributed by atoms with Gasteiger partial charge in [-0.2, -0.15) is 0 Å². The Labute approximate surface area is 164 Å². The molecule has 3 aromatic rings. The molecule has 0 radical (unpaired) electrons. The van der Waals surface area contributed by atoms with Crippen LogP contribution in [-0.2, 0) is 6.42 Å². The van der Waals surface area contributed by atoms with Crippen molar-refractivity contribution in [1.82, 2.24) is 0 Å². The lowest BCUT2D eigenvalue weighted by atomic mass is 10.0. The molecule has 3 N–H and O–H groups in total. The fraction of sp³-hybridized carbons (Fsp3) is 0.150. The summed E-state index contributed by atoms with van der Waals surface area (Å²) >= 11 is 11.9. The molecule has 2 aromatic carbocycles. The first-order chi connectivity index (χ1) is 12.7. The molecule has 5 nitrogen and oxygen atoms in total. The van der Waals surface area contributed by atoms with E-state index in [0.29, 0.717) is 16.1 Å². The first kappa shape index (κ1) is 19.1. The fourth-order valence-electron chi connectivity index (χ4n) is 2.71. The molecule has 0 unspecified atom stereocenters. The van der Waals surface area contributed by atoms with Gasteiger partial charge in [0.1, 0.15) is 22.5 Å². The number of phenolic OH excluding ortho intramolecular Hbond substituents is 2. The molecule has 0 atom stereocenters. The van der Waals surface area contributed by atoms with Gasteiger partial charge < -0.3 is 19.7 Å². The smallest absolute Gasteiger partial charge is 0.238 e. The number of allylic oxidation sites excluding steroid dienone is 2. The van der Waals surface area contributed by atoms with Gasteiger partial charge in [0.05, 0.1) is 10.0 Å². The van der Waals surface area contributed by atoms with E-state index in [2.05, 4.69) is 0 Å².